The van der Waals surface area contributed by atoms with Gasteiger partial charge in [-0.25, -0.2) is 19.1 Å². The smallest absolute Gasteiger partial charge is 0.408 e. The van der Waals surface area contributed by atoms with Gasteiger partial charge in [-0.3, -0.25) is 14.5 Å². The molecule has 0 spiro atoms. The summed E-state index contributed by atoms with van der Waals surface area (Å²) in [6.45, 7) is 5.18. The van der Waals surface area contributed by atoms with Crippen LogP contribution < -0.4 is 20.5 Å². The molecule has 3 amide bonds. The molecule has 9 rings (SSSR count). The maximum absolute atomic E-state index is 15.6. The third kappa shape index (κ3) is 9.94. The number of carboxylic acid groups (broad SMARTS) is 1. The average Bonchev–Trinajstić information content (AvgIpc) is 3.85. The topological polar surface area (TPSA) is 154 Å². The van der Waals surface area contributed by atoms with Crippen LogP contribution in [0.25, 0.3) is 0 Å². The largest absolute Gasteiger partial charge is 0.477 e. The molecule has 0 radical (unpaired) electrons. The van der Waals surface area contributed by atoms with Crippen molar-refractivity contribution in [2.24, 2.45) is 7.05 Å². The second kappa shape index (κ2) is 20.6. The number of anilines is 1. The molecular weight excluding hydrogens is 949 g/mol. The van der Waals surface area contributed by atoms with Gasteiger partial charge in [0.2, 0.25) is 5.91 Å². The third-order valence-electron chi connectivity index (χ3n) is 12.5. The van der Waals surface area contributed by atoms with Gasteiger partial charge < -0.3 is 25.8 Å². The van der Waals surface area contributed by atoms with Crippen LogP contribution in [-0.4, -0.2) is 66.9 Å². The van der Waals surface area contributed by atoms with Crippen LogP contribution in [0.15, 0.2) is 198 Å². The van der Waals surface area contributed by atoms with Crippen molar-refractivity contribution in [2.45, 2.75) is 59.7 Å². The van der Waals surface area contributed by atoms with Gasteiger partial charge >= 0.3 is 12.1 Å². The molecule has 2 aromatic heterocycles. The van der Waals surface area contributed by atoms with Crippen LogP contribution in [-0.2, 0) is 31.7 Å². The van der Waals surface area contributed by atoms with E-state index in [2.05, 4.69) is 52.3 Å². The van der Waals surface area contributed by atoms with Crippen LogP contribution in [0.4, 0.5) is 9.93 Å². The Bertz CT molecular complexity index is 2910. The zero-order valence-corrected chi connectivity index (χ0v) is 42.0. The average molecular weight is 1000 g/mol. The molecule has 2 aliphatic heterocycles. The van der Waals surface area contributed by atoms with Crippen LogP contribution in [0.3, 0.4) is 0 Å². The highest BCUT2D eigenvalue weighted by atomic mass is 32.2. The van der Waals surface area contributed by atoms with E-state index in [1.165, 1.54) is 39.8 Å². The lowest BCUT2D eigenvalue weighted by Crippen LogP contribution is -2.82. The van der Waals surface area contributed by atoms with E-state index in [1.807, 2.05) is 151 Å². The summed E-state index contributed by atoms with van der Waals surface area (Å²) in [5.41, 5.74) is 1.30. The number of aryl methyl sites for hydroxylation is 1. The maximum Gasteiger partial charge on any atom is 0.408 e. The molecule has 1 saturated heterocycles. The zero-order valence-electron chi connectivity index (χ0n) is 39.5. The summed E-state index contributed by atoms with van der Waals surface area (Å²) < 4.78 is 7.67. The van der Waals surface area contributed by atoms with Crippen LogP contribution >= 0.6 is 34.9 Å². The number of hydrogen-bond donors (Lipinski definition) is 4. The molecule has 1 unspecified atom stereocenters. The molecule has 0 bridgehead atoms. The first-order chi connectivity index (χ1) is 34.3. The normalized spacial score (nSPS) is 17.2. The van der Waals surface area contributed by atoms with E-state index in [0.717, 1.165) is 32.7 Å². The number of ether oxygens (including phenoxy) is 1. The number of carboxylic acids is 1. The van der Waals surface area contributed by atoms with E-state index in [1.54, 1.807) is 26.2 Å². The summed E-state index contributed by atoms with van der Waals surface area (Å²) in [7, 11) is 1.92. The first-order valence-electron chi connectivity index (χ1n) is 23.1. The van der Waals surface area contributed by atoms with Gasteiger partial charge in [-0.1, -0.05) is 152 Å². The highest BCUT2D eigenvalue weighted by Gasteiger charge is 2.69. The number of fused-ring (bicyclic) bond motifs is 1. The molecule has 15 heteroatoms. The van der Waals surface area contributed by atoms with Gasteiger partial charge in [0.15, 0.2) is 29.1 Å². The quantitative estimate of drug-likeness (QED) is 0.0319. The Hall–Kier alpha value is -7.20. The number of β-lactam (4-membered cyclic amide) rings is 1. The number of thioether (sulfide) groups is 2. The molecule has 0 aliphatic carbocycles. The van der Waals surface area contributed by atoms with E-state index in [4.69, 9.17) is 9.72 Å². The van der Waals surface area contributed by atoms with Crippen LogP contribution in [0.1, 0.15) is 66.2 Å². The number of benzene rings is 5. The number of amides is 3. The SMILES string of the molecule is C[n+]1ccc(SCC2=C(C(=O)O)N3C(=O)[C@](NC(=O)C(NC(=O)OC(C)(C)C)c4csc(NC(c5ccccc5)(c5ccccc5)c5ccccc5)n4)(C(c4ccccc4)c4ccccc4)[C@H]3SC2)cc1. The Kier molecular flexibility index (Phi) is 14.2. The van der Waals surface area contributed by atoms with E-state index in [9.17, 15) is 14.7 Å². The molecule has 4 heterocycles. The van der Waals surface area contributed by atoms with Crippen molar-refractivity contribution in [1.29, 1.82) is 0 Å². The molecule has 12 nitrogen and oxygen atoms in total. The molecule has 4 N–H and O–H groups in total. The third-order valence-corrected chi connectivity index (χ3v) is 15.7. The molecule has 3 atom stereocenters. The number of aromatic nitrogens is 2. The number of thiazole rings is 1. The minimum absolute atomic E-state index is 0.102. The summed E-state index contributed by atoms with van der Waals surface area (Å²) in [4.78, 5) is 65.8. The lowest BCUT2D eigenvalue weighted by Gasteiger charge is -2.60. The van der Waals surface area contributed by atoms with Gasteiger partial charge in [0, 0.05) is 39.8 Å². The zero-order chi connectivity index (χ0) is 49.8. The second-order valence-corrected chi connectivity index (χ2v) is 21.3. The van der Waals surface area contributed by atoms with Crippen LogP contribution in [0.5, 0.6) is 0 Å². The molecule has 0 saturated carbocycles. The van der Waals surface area contributed by atoms with Gasteiger partial charge in [-0.15, -0.1) is 34.9 Å². The lowest BCUT2D eigenvalue weighted by molar-refractivity contribution is -0.671. The molecule has 2 aliphatic rings. The number of alkyl carbamates (subject to hydrolysis) is 1. The summed E-state index contributed by atoms with van der Waals surface area (Å²) in [6.07, 6.45) is 2.97. The predicted molar refractivity (Wildman–Crippen MR) is 279 cm³/mol. The fourth-order valence-electron chi connectivity index (χ4n) is 9.37. The number of nitrogens with zero attached hydrogens (tertiary/aromatic N) is 3. The minimum atomic E-state index is -1.76. The highest BCUT2D eigenvalue weighted by Crippen LogP contribution is 2.54. The highest BCUT2D eigenvalue weighted by molar-refractivity contribution is 8.01. The summed E-state index contributed by atoms with van der Waals surface area (Å²) >= 11 is 4.15. The fourth-order valence-corrected chi connectivity index (χ4v) is 12.7. The van der Waals surface area contributed by atoms with Gasteiger partial charge in [-0.2, -0.15) is 0 Å². The Balaban J connectivity index is 1.14. The fraction of sp³-hybridized carbons (Fsp3) is 0.214. The van der Waals surface area contributed by atoms with Crippen molar-refractivity contribution in [1.82, 2.24) is 20.5 Å². The Morgan fingerprint density at radius 3 is 1.80 bits per heavy atom. The number of carbonyl (C=O) groups excluding carboxylic acids is 3. The Morgan fingerprint density at radius 1 is 0.803 bits per heavy atom. The van der Waals surface area contributed by atoms with Gasteiger partial charge in [0.1, 0.15) is 29.3 Å². The van der Waals surface area contributed by atoms with Gasteiger partial charge in [0.25, 0.3) is 5.91 Å². The van der Waals surface area contributed by atoms with Crippen molar-refractivity contribution in [3.63, 3.8) is 0 Å². The van der Waals surface area contributed by atoms with Crippen molar-refractivity contribution in [2.75, 3.05) is 16.8 Å². The Labute approximate surface area is 425 Å². The summed E-state index contributed by atoms with van der Waals surface area (Å²) in [6, 6.07) is 51.4. The van der Waals surface area contributed by atoms with Crippen molar-refractivity contribution >= 4 is 63.9 Å². The summed E-state index contributed by atoms with van der Waals surface area (Å²) in [5.74, 6) is -2.75. The molecule has 5 aromatic carbocycles. The van der Waals surface area contributed by atoms with E-state index in [-0.39, 0.29) is 17.1 Å². The van der Waals surface area contributed by atoms with Gasteiger partial charge in [-0.05, 0) is 54.2 Å². The molecule has 71 heavy (non-hydrogen) atoms. The monoisotopic (exact) mass is 1000 g/mol. The first-order valence-corrected chi connectivity index (χ1v) is 26.0. The first kappa shape index (κ1) is 48.8. The van der Waals surface area contributed by atoms with Crippen molar-refractivity contribution in [3.8, 4) is 0 Å². The van der Waals surface area contributed by atoms with Gasteiger partial charge in [0.05, 0.1) is 5.69 Å². The molecule has 360 valence electrons. The lowest BCUT2D eigenvalue weighted by atomic mass is 9.68. The number of carbonyl (C=O) groups is 4. The van der Waals surface area contributed by atoms with E-state index < -0.39 is 57.9 Å². The maximum atomic E-state index is 15.6. The number of aliphatic carboxylic acids is 1. The number of hydrogen-bond acceptors (Lipinski definition) is 10. The van der Waals surface area contributed by atoms with Crippen LogP contribution in [0.2, 0.25) is 0 Å². The predicted octanol–water partition coefficient (Wildman–Crippen LogP) is 9.67. The number of pyridine rings is 1. The number of rotatable bonds is 16. The van der Waals surface area contributed by atoms with Crippen molar-refractivity contribution < 1.29 is 33.6 Å². The van der Waals surface area contributed by atoms with Crippen molar-refractivity contribution in [3.05, 3.63) is 226 Å². The Morgan fingerprint density at radius 2 is 1.31 bits per heavy atom. The molecule has 1 fully saturated rings. The molecular formula is C56H53N6O6S3+. The minimum Gasteiger partial charge on any atom is -0.477 e. The van der Waals surface area contributed by atoms with E-state index in [0.29, 0.717) is 16.5 Å². The number of nitrogens with one attached hydrogen (secondary N) is 3. The van der Waals surface area contributed by atoms with Crippen LogP contribution in [0, 0.1) is 0 Å². The standard InChI is InChI=1S/C56H52N6O6S3/c1-54(2,3)68-53(67)58-46(44-36-71-52(57-44)60-55(40-24-14-7-15-25-40,41-26-16-8-17-27-41)42-28-18-9-19-29-42)48(63)59-56(45(37-20-10-5-11-21-37)38-22-12-6-13-23-38)50(66)62-47(49(64)65)39(35-70-51(56)62)34-69-43-30-32-61(4)33-31-43/h5-33,36,45-46,51H,34-35H2,1-4H3,(H3-,57,58,59,60,63,64,65,67)/p+1/t46?,51-,56-/m1/s1. The molecule has 7 aromatic rings. The second-order valence-electron chi connectivity index (χ2n) is 18.3. The summed E-state index contributed by atoms with van der Waals surface area (Å²) in [5, 5.41) is 22.0. The van der Waals surface area contributed by atoms with E-state index >= 15 is 9.59 Å².